The molecule has 0 saturated carbocycles. The van der Waals surface area contributed by atoms with Crippen LogP contribution >= 0.6 is 0 Å². The lowest BCUT2D eigenvalue weighted by Crippen LogP contribution is -2.04. The predicted octanol–water partition coefficient (Wildman–Crippen LogP) is 2.33. The van der Waals surface area contributed by atoms with Gasteiger partial charge in [0.2, 0.25) is 0 Å². The Balaban J connectivity index is 2.39. The Kier molecular flexibility index (Phi) is 3.64. The van der Waals surface area contributed by atoms with Crippen LogP contribution in [0.4, 0.5) is 0 Å². The van der Waals surface area contributed by atoms with Crippen LogP contribution in [0.25, 0.3) is 5.69 Å². The smallest absolute Gasteiger partial charge is 0.309 e. The van der Waals surface area contributed by atoms with E-state index in [4.69, 9.17) is 5.11 Å². The third-order valence-electron chi connectivity index (χ3n) is 3.09. The molecule has 0 spiro atoms. The van der Waals surface area contributed by atoms with Gasteiger partial charge in [0.1, 0.15) is 0 Å². The van der Waals surface area contributed by atoms with Crippen LogP contribution in [0.2, 0.25) is 0 Å². The van der Waals surface area contributed by atoms with Crippen molar-refractivity contribution in [1.29, 1.82) is 0 Å². The Morgan fingerprint density at radius 3 is 2.79 bits per heavy atom. The number of rotatable bonds is 4. The fraction of sp³-hybridized carbons (Fsp3) is 0.357. The molecule has 0 unspecified atom stereocenters. The molecule has 1 aromatic carbocycles. The van der Waals surface area contributed by atoms with Crippen molar-refractivity contribution >= 4 is 5.97 Å². The Morgan fingerprint density at radius 1 is 1.42 bits per heavy atom. The molecule has 100 valence electrons. The van der Waals surface area contributed by atoms with Gasteiger partial charge in [0.05, 0.1) is 23.5 Å². The first-order valence-corrected chi connectivity index (χ1v) is 6.22. The first-order valence-electron chi connectivity index (χ1n) is 6.22. The molecule has 0 bridgehead atoms. The molecule has 0 saturated heterocycles. The van der Waals surface area contributed by atoms with E-state index in [1.807, 2.05) is 19.1 Å². The maximum atomic E-state index is 10.7. The molecule has 1 heterocycles. The van der Waals surface area contributed by atoms with Gasteiger partial charge < -0.3 is 5.11 Å². The van der Waals surface area contributed by atoms with E-state index in [1.54, 1.807) is 4.68 Å². The lowest BCUT2D eigenvalue weighted by molar-refractivity contribution is -0.136. The molecule has 0 amide bonds. The van der Waals surface area contributed by atoms with Gasteiger partial charge in [-0.1, -0.05) is 31.2 Å². The van der Waals surface area contributed by atoms with Crippen LogP contribution < -0.4 is 0 Å². The highest BCUT2D eigenvalue weighted by Crippen LogP contribution is 2.19. The fourth-order valence-electron chi connectivity index (χ4n) is 1.93. The molecule has 0 radical (unpaired) electrons. The van der Waals surface area contributed by atoms with Crippen molar-refractivity contribution in [3.05, 3.63) is 41.2 Å². The number of carbonyl (C=O) groups is 1. The van der Waals surface area contributed by atoms with E-state index >= 15 is 0 Å². The zero-order valence-electron chi connectivity index (χ0n) is 11.3. The summed E-state index contributed by atoms with van der Waals surface area (Å²) in [5, 5.41) is 16.8. The van der Waals surface area contributed by atoms with E-state index in [1.165, 1.54) is 5.56 Å². The fourth-order valence-corrected chi connectivity index (χ4v) is 1.93. The van der Waals surface area contributed by atoms with Crippen LogP contribution in [0.3, 0.4) is 0 Å². The average molecular weight is 259 g/mol. The van der Waals surface area contributed by atoms with Gasteiger partial charge in [0, 0.05) is 0 Å². The zero-order valence-corrected chi connectivity index (χ0v) is 11.3. The Morgan fingerprint density at radius 2 is 2.16 bits per heavy atom. The van der Waals surface area contributed by atoms with Crippen molar-refractivity contribution in [3.8, 4) is 5.69 Å². The molecule has 0 aliphatic carbocycles. The van der Waals surface area contributed by atoms with Gasteiger partial charge in [-0.05, 0) is 30.5 Å². The lowest BCUT2D eigenvalue weighted by atomic mass is 10.0. The predicted molar refractivity (Wildman–Crippen MR) is 71.5 cm³/mol. The van der Waals surface area contributed by atoms with Gasteiger partial charge in [-0.2, -0.15) is 0 Å². The van der Waals surface area contributed by atoms with E-state index in [9.17, 15) is 4.79 Å². The van der Waals surface area contributed by atoms with Crippen LogP contribution in [-0.4, -0.2) is 26.1 Å². The largest absolute Gasteiger partial charge is 0.481 e. The average Bonchev–Trinajstić information content (AvgIpc) is 2.70. The highest BCUT2D eigenvalue weighted by molar-refractivity contribution is 5.69. The molecule has 1 N–H and O–H groups in total. The highest BCUT2D eigenvalue weighted by atomic mass is 16.4. The molecule has 19 heavy (non-hydrogen) atoms. The molecular weight excluding hydrogens is 242 g/mol. The molecule has 5 nitrogen and oxygen atoms in total. The van der Waals surface area contributed by atoms with Crippen LogP contribution in [0.5, 0.6) is 0 Å². The minimum absolute atomic E-state index is 0.101. The summed E-state index contributed by atoms with van der Waals surface area (Å²) in [6.07, 6.45) is -0.101. The van der Waals surface area contributed by atoms with Crippen LogP contribution in [0.15, 0.2) is 24.3 Å². The van der Waals surface area contributed by atoms with Crippen molar-refractivity contribution in [3.63, 3.8) is 0 Å². The topological polar surface area (TPSA) is 68.0 Å². The maximum absolute atomic E-state index is 10.7. The third kappa shape index (κ3) is 2.81. The van der Waals surface area contributed by atoms with Crippen molar-refractivity contribution in [1.82, 2.24) is 15.0 Å². The maximum Gasteiger partial charge on any atom is 0.309 e. The normalized spacial score (nSPS) is 10.9. The number of hydrogen-bond donors (Lipinski definition) is 1. The second-order valence-corrected chi connectivity index (χ2v) is 4.85. The van der Waals surface area contributed by atoms with E-state index in [2.05, 4.69) is 36.3 Å². The number of benzene rings is 1. The first-order chi connectivity index (χ1) is 8.99. The summed E-state index contributed by atoms with van der Waals surface area (Å²) in [5.74, 6) is -0.464. The molecule has 0 atom stereocenters. The first kappa shape index (κ1) is 13.3. The monoisotopic (exact) mass is 259 g/mol. The van der Waals surface area contributed by atoms with Crippen LogP contribution in [-0.2, 0) is 11.2 Å². The number of carboxylic acid groups (broad SMARTS) is 1. The standard InChI is InChI=1S/C14H17N3O2/c1-9(2)11-5-4-6-12(7-11)17-10(3)13(15-16-17)8-14(18)19/h4-7,9H,8H2,1-3H3,(H,18,19). The molecule has 0 aliphatic heterocycles. The molecule has 2 rings (SSSR count). The summed E-state index contributed by atoms with van der Waals surface area (Å²) < 4.78 is 1.68. The molecule has 0 aliphatic rings. The zero-order chi connectivity index (χ0) is 14.0. The molecule has 2 aromatic rings. The van der Waals surface area contributed by atoms with Crippen LogP contribution in [0.1, 0.15) is 36.7 Å². The number of hydrogen-bond acceptors (Lipinski definition) is 3. The number of aromatic nitrogens is 3. The summed E-state index contributed by atoms with van der Waals surface area (Å²) in [6.45, 7) is 6.09. The summed E-state index contributed by atoms with van der Waals surface area (Å²) >= 11 is 0. The number of carboxylic acids is 1. The number of nitrogens with zero attached hydrogens (tertiary/aromatic N) is 3. The van der Waals surface area contributed by atoms with Gasteiger partial charge >= 0.3 is 5.97 Å². The minimum Gasteiger partial charge on any atom is -0.481 e. The third-order valence-corrected chi connectivity index (χ3v) is 3.09. The molecule has 1 aromatic heterocycles. The van der Waals surface area contributed by atoms with Crippen molar-refractivity contribution in [2.45, 2.75) is 33.1 Å². The van der Waals surface area contributed by atoms with Gasteiger partial charge in [-0.3, -0.25) is 4.79 Å². The highest BCUT2D eigenvalue weighted by Gasteiger charge is 2.13. The minimum atomic E-state index is -0.897. The Bertz CT molecular complexity index is 602. The Labute approximate surface area is 111 Å². The summed E-state index contributed by atoms with van der Waals surface area (Å²) in [4.78, 5) is 10.7. The summed E-state index contributed by atoms with van der Waals surface area (Å²) in [6, 6.07) is 8.04. The van der Waals surface area contributed by atoms with Gasteiger partial charge in [-0.25, -0.2) is 4.68 Å². The summed E-state index contributed by atoms with van der Waals surface area (Å²) in [7, 11) is 0. The van der Waals surface area contributed by atoms with Gasteiger partial charge in [0.25, 0.3) is 0 Å². The molecule has 0 fully saturated rings. The molecule has 5 heteroatoms. The van der Waals surface area contributed by atoms with Crippen molar-refractivity contribution < 1.29 is 9.90 Å². The van der Waals surface area contributed by atoms with Gasteiger partial charge in [-0.15, -0.1) is 5.10 Å². The SMILES string of the molecule is Cc1c(CC(=O)O)nnn1-c1cccc(C(C)C)c1. The second kappa shape index (κ2) is 5.22. The molecular formula is C14H17N3O2. The van der Waals surface area contributed by atoms with Crippen LogP contribution in [0, 0.1) is 6.92 Å². The quantitative estimate of drug-likeness (QED) is 0.915. The van der Waals surface area contributed by atoms with Gasteiger partial charge in [0.15, 0.2) is 0 Å². The van der Waals surface area contributed by atoms with Crippen molar-refractivity contribution in [2.24, 2.45) is 0 Å². The lowest BCUT2D eigenvalue weighted by Gasteiger charge is -2.09. The Hall–Kier alpha value is -2.17. The van der Waals surface area contributed by atoms with Crippen molar-refractivity contribution in [2.75, 3.05) is 0 Å². The van der Waals surface area contributed by atoms with E-state index < -0.39 is 5.97 Å². The second-order valence-electron chi connectivity index (χ2n) is 4.85. The van der Waals surface area contributed by atoms with E-state index in [0.717, 1.165) is 11.4 Å². The number of aliphatic carboxylic acids is 1. The van der Waals surface area contributed by atoms with E-state index in [-0.39, 0.29) is 6.42 Å². The van der Waals surface area contributed by atoms with E-state index in [0.29, 0.717) is 11.6 Å². The summed E-state index contributed by atoms with van der Waals surface area (Å²) in [5.41, 5.74) is 3.39.